The topological polar surface area (TPSA) is 56.8 Å². The molecule has 6 nitrogen and oxygen atoms in total. The second-order valence-corrected chi connectivity index (χ2v) is 9.84. The molecule has 1 aromatic heterocycles. The van der Waals surface area contributed by atoms with Gasteiger partial charge in [-0.05, 0) is 31.9 Å². The van der Waals surface area contributed by atoms with E-state index in [1.807, 2.05) is 6.07 Å². The molecule has 3 fully saturated rings. The van der Waals surface area contributed by atoms with Crippen LogP contribution in [0.3, 0.4) is 0 Å². The zero-order chi connectivity index (χ0) is 20.0. The van der Waals surface area contributed by atoms with Crippen LogP contribution in [0.2, 0.25) is 0 Å². The second-order valence-electron chi connectivity index (χ2n) is 8.78. The van der Waals surface area contributed by atoms with Gasteiger partial charge in [0.2, 0.25) is 11.8 Å². The van der Waals surface area contributed by atoms with E-state index in [-0.39, 0.29) is 23.3 Å². The highest BCUT2D eigenvalue weighted by Gasteiger charge is 2.52. The third kappa shape index (κ3) is 3.39. The average molecular weight is 413 g/mol. The standard InChI is InChI=1S/C22H28N4O2S/c1-16(20-23-17-6-2-3-7-18(17)29-20)25-12-10-24(11-13-25)15-26-19(27)14-22(21(26)28)8-4-5-9-22/h2-3,6-7,16H,4-5,8-15H2,1H3. The van der Waals surface area contributed by atoms with Crippen molar-refractivity contribution in [1.29, 1.82) is 0 Å². The van der Waals surface area contributed by atoms with E-state index >= 15 is 0 Å². The largest absolute Gasteiger partial charge is 0.292 e. The zero-order valence-electron chi connectivity index (χ0n) is 17.0. The van der Waals surface area contributed by atoms with Crippen LogP contribution in [-0.4, -0.2) is 64.3 Å². The van der Waals surface area contributed by atoms with Crippen molar-refractivity contribution in [1.82, 2.24) is 19.7 Å². The van der Waals surface area contributed by atoms with Crippen LogP contribution in [0.4, 0.5) is 0 Å². The summed E-state index contributed by atoms with van der Waals surface area (Å²) in [5.74, 6) is 0.118. The number of para-hydroxylation sites is 1. The molecule has 154 valence electrons. The molecular formula is C22H28N4O2S. The smallest absolute Gasteiger partial charge is 0.237 e. The fourth-order valence-electron chi connectivity index (χ4n) is 5.16. The second kappa shape index (κ2) is 7.45. The lowest BCUT2D eigenvalue weighted by Crippen LogP contribution is -2.51. The number of nitrogens with zero attached hydrogens (tertiary/aromatic N) is 4. The van der Waals surface area contributed by atoms with Gasteiger partial charge in [0.1, 0.15) is 5.01 Å². The Morgan fingerprint density at radius 2 is 1.83 bits per heavy atom. The van der Waals surface area contributed by atoms with Crippen LogP contribution in [0.25, 0.3) is 10.2 Å². The number of imide groups is 1. The molecule has 5 rings (SSSR count). The number of hydrogen-bond acceptors (Lipinski definition) is 6. The number of rotatable bonds is 4. The van der Waals surface area contributed by atoms with Gasteiger partial charge in [-0.1, -0.05) is 25.0 Å². The van der Waals surface area contributed by atoms with Crippen LogP contribution in [-0.2, 0) is 9.59 Å². The summed E-state index contributed by atoms with van der Waals surface area (Å²) in [4.78, 5) is 36.5. The third-order valence-electron chi connectivity index (χ3n) is 7.01. The molecule has 0 bridgehead atoms. The van der Waals surface area contributed by atoms with Crippen molar-refractivity contribution in [3.8, 4) is 0 Å². The number of benzene rings is 1. The third-order valence-corrected chi connectivity index (χ3v) is 8.22. The molecule has 1 atom stereocenters. The number of carbonyl (C=O) groups is 2. The van der Waals surface area contributed by atoms with Gasteiger partial charge in [-0.3, -0.25) is 24.3 Å². The van der Waals surface area contributed by atoms with Crippen molar-refractivity contribution in [3.05, 3.63) is 29.3 Å². The number of aromatic nitrogens is 1. The van der Waals surface area contributed by atoms with Crippen LogP contribution in [0.15, 0.2) is 24.3 Å². The van der Waals surface area contributed by atoms with Crippen LogP contribution in [0.5, 0.6) is 0 Å². The minimum Gasteiger partial charge on any atom is -0.292 e. The summed E-state index contributed by atoms with van der Waals surface area (Å²) in [6.45, 7) is 6.29. The SMILES string of the molecule is CC(c1nc2ccccc2s1)N1CCN(CN2C(=O)CC3(CCCC3)C2=O)CC1. The maximum Gasteiger partial charge on any atom is 0.237 e. The minimum absolute atomic E-state index is 0.0298. The normalized spacial score (nSPS) is 24.2. The summed E-state index contributed by atoms with van der Waals surface area (Å²) < 4.78 is 1.24. The van der Waals surface area contributed by atoms with E-state index in [4.69, 9.17) is 4.98 Å². The van der Waals surface area contributed by atoms with Crippen molar-refractivity contribution in [3.63, 3.8) is 0 Å². The van der Waals surface area contributed by atoms with Crippen molar-refractivity contribution < 1.29 is 9.59 Å². The molecule has 7 heteroatoms. The molecule has 1 unspecified atom stereocenters. The van der Waals surface area contributed by atoms with Gasteiger partial charge < -0.3 is 0 Å². The van der Waals surface area contributed by atoms with Gasteiger partial charge in [-0.15, -0.1) is 11.3 Å². The van der Waals surface area contributed by atoms with Crippen LogP contribution >= 0.6 is 11.3 Å². The maximum atomic E-state index is 12.9. The van der Waals surface area contributed by atoms with Gasteiger partial charge in [-0.25, -0.2) is 4.98 Å². The Balaban J connectivity index is 1.19. The van der Waals surface area contributed by atoms with Gasteiger partial charge in [0, 0.05) is 32.6 Å². The summed E-state index contributed by atoms with van der Waals surface area (Å²) >= 11 is 1.77. The van der Waals surface area contributed by atoms with Crippen molar-refractivity contribution in [2.24, 2.45) is 5.41 Å². The Labute approximate surface area is 175 Å². The van der Waals surface area contributed by atoms with Gasteiger partial charge in [0.25, 0.3) is 0 Å². The number of carbonyl (C=O) groups excluding carboxylic acids is 2. The Morgan fingerprint density at radius 1 is 1.10 bits per heavy atom. The van der Waals surface area contributed by atoms with E-state index in [9.17, 15) is 9.59 Å². The van der Waals surface area contributed by atoms with Crippen LogP contribution in [0.1, 0.15) is 50.1 Å². The molecule has 1 aliphatic carbocycles. The molecule has 1 spiro atoms. The van der Waals surface area contributed by atoms with Crippen molar-refractivity contribution in [2.75, 3.05) is 32.8 Å². The lowest BCUT2D eigenvalue weighted by atomic mass is 9.85. The van der Waals surface area contributed by atoms with Crippen molar-refractivity contribution >= 4 is 33.4 Å². The number of likely N-dealkylation sites (tertiary alicyclic amines) is 1. The van der Waals surface area contributed by atoms with E-state index in [0.29, 0.717) is 13.1 Å². The first kappa shape index (κ1) is 19.2. The van der Waals surface area contributed by atoms with Gasteiger partial charge in [0.05, 0.1) is 28.3 Å². The van der Waals surface area contributed by atoms with Crippen LogP contribution in [0, 0.1) is 5.41 Å². The fourth-order valence-corrected chi connectivity index (χ4v) is 6.22. The quantitative estimate of drug-likeness (QED) is 0.722. The first-order valence-corrected chi connectivity index (χ1v) is 11.5. The molecule has 29 heavy (non-hydrogen) atoms. The van der Waals surface area contributed by atoms with E-state index in [0.717, 1.165) is 62.4 Å². The summed E-state index contributed by atoms with van der Waals surface area (Å²) in [5, 5.41) is 1.16. The molecule has 0 radical (unpaired) electrons. The molecule has 2 aromatic rings. The highest BCUT2D eigenvalue weighted by Crippen LogP contribution is 2.46. The summed E-state index contributed by atoms with van der Waals surface area (Å²) in [5.41, 5.74) is 0.713. The molecule has 2 aliphatic heterocycles. The number of hydrogen-bond donors (Lipinski definition) is 0. The molecule has 3 heterocycles. The molecule has 2 amide bonds. The fraction of sp³-hybridized carbons (Fsp3) is 0.591. The molecule has 1 aromatic carbocycles. The highest BCUT2D eigenvalue weighted by molar-refractivity contribution is 7.18. The average Bonchev–Trinajstić information content (AvgIpc) is 3.43. The molecule has 2 saturated heterocycles. The lowest BCUT2D eigenvalue weighted by Gasteiger charge is -2.38. The minimum atomic E-state index is -0.361. The summed E-state index contributed by atoms with van der Waals surface area (Å²) in [6.07, 6.45) is 4.37. The van der Waals surface area contributed by atoms with E-state index in [1.165, 1.54) is 9.60 Å². The van der Waals surface area contributed by atoms with Gasteiger partial charge >= 0.3 is 0 Å². The number of piperazine rings is 1. The van der Waals surface area contributed by atoms with Gasteiger partial charge in [-0.2, -0.15) is 0 Å². The van der Waals surface area contributed by atoms with E-state index in [1.54, 1.807) is 11.3 Å². The first-order chi connectivity index (χ1) is 14.1. The highest BCUT2D eigenvalue weighted by atomic mass is 32.1. The number of amides is 2. The Bertz CT molecular complexity index is 895. The zero-order valence-corrected chi connectivity index (χ0v) is 17.8. The van der Waals surface area contributed by atoms with Gasteiger partial charge in [0.15, 0.2) is 0 Å². The van der Waals surface area contributed by atoms with E-state index in [2.05, 4.69) is 34.9 Å². The lowest BCUT2D eigenvalue weighted by molar-refractivity contribution is -0.144. The monoisotopic (exact) mass is 412 g/mol. The molecular weight excluding hydrogens is 384 g/mol. The maximum absolute atomic E-state index is 12.9. The summed E-state index contributed by atoms with van der Waals surface area (Å²) in [7, 11) is 0. The molecule has 1 saturated carbocycles. The molecule has 0 N–H and O–H groups in total. The Morgan fingerprint density at radius 3 is 2.55 bits per heavy atom. The number of thiazole rings is 1. The molecule has 3 aliphatic rings. The van der Waals surface area contributed by atoms with E-state index < -0.39 is 0 Å². The number of fused-ring (bicyclic) bond motifs is 1. The van der Waals surface area contributed by atoms with Crippen LogP contribution < -0.4 is 0 Å². The first-order valence-electron chi connectivity index (χ1n) is 10.7. The summed E-state index contributed by atoms with van der Waals surface area (Å²) in [6, 6.07) is 8.58. The Kier molecular flexibility index (Phi) is 4.92. The predicted octanol–water partition coefficient (Wildman–Crippen LogP) is 3.25. The Hall–Kier alpha value is -1.83. The van der Waals surface area contributed by atoms with Crippen molar-refractivity contribution in [2.45, 2.75) is 45.1 Å². The predicted molar refractivity (Wildman–Crippen MR) is 113 cm³/mol.